The second kappa shape index (κ2) is 8.75. The maximum atomic E-state index is 11.6. The summed E-state index contributed by atoms with van der Waals surface area (Å²) in [7, 11) is 1.45. The fourth-order valence-corrected chi connectivity index (χ4v) is 1.54. The lowest BCUT2D eigenvalue weighted by Gasteiger charge is -2.14. The molecule has 0 fully saturated rings. The fraction of sp³-hybridized carbons (Fsp3) is 0.462. The first kappa shape index (κ1) is 16.7. The molecule has 0 spiro atoms. The number of furan rings is 1. The van der Waals surface area contributed by atoms with Crippen LogP contribution in [0.4, 0.5) is 0 Å². The van der Waals surface area contributed by atoms with E-state index in [0.29, 0.717) is 5.56 Å². The summed E-state index contributed by atoms with van der Waals surface area (Å²) in [4.78, 5) is 34.1. The number of carbonyl (C=O) groups is 3. The molecule has 116 valence electrons. The highest BCUT2D eigenvalue weighted by atomic mass is 16.5. The molecule has 1 rings (SSSR count). The number of carboxylic acids is 1. The van der Waals surface area contributed by atoms with Gasteiger partial charge in [0.25, 0.3) is 5.91 Å². The van der Waals surface area contributed by atoms with Crippen LogP contribution in [0.5, 0.6) is 0 Å². The number of methoxy groups -OCH3 is 1. The normalized spacial score (nSPS) is 11.7. The molecule has 1 unspecified atom stereocenters. The summed E-state index contributed by atoms with van der Waals surface area (Å²) < 4.78 is 9.54. The number of hydrogen-bond acceptors (Lipinski definition) is 5. The highest BCUT2D eigenvalue weighted by Crippen LogP contribution is 1.99. The van der Waals surface area contributed by atoms with Gasteiger partial charge in [0.1, 0.15) is 12.3 Å². The molecule has 21 heavy (non-hydrogen) atoms. The Kier molecular flexibility index (Phi) is 6.96. The molecule has 0 aliphatic rings. The van der Waals surface area contributed by atoms with Crippen molar-refractivity contribution in [2.45, 2.75) is 18.9 Å². The quantitative estimate of drug-likeness (QED) is 0.591. The van der Waals surface area contributed by atoms with E-state index in [1.54, 1.807) is 0 Å². The van der Waals surface area contributed by atoms with E-state index in [-0.39, 0.29) is 31.9 Å². The minimum atomic E-state index is -1.12. The first-order valence-corrected chi connectivity index (χ1v) is 6.36. The zero-order valence-electron chi connectivity index (χ0n) is 11.6. The Bertz CT molecular complexity index is 471. The van der Waals surface area contributed by atoms with E-state index in [4.69, 9.17) is 14.3 Å². The summed E-state index contributed by atoms with van der Waals surface area (Å²) in [5.41, 5.74) is 0.360. The van der Waals surface area contributed by atoms with Crippen molar-refractivity contribution in [2.75, 3.05) is 20.3 Å². The van der Waals surface area contributed by atoms with Gasteiger partial charge in [-0.25, -0.2) is 4.79 Å². The van der Waals surface area contributed by atoms with E-state index < -0.39 is 17.9 Å². The van der Waals surface area contributed by atoms with Gasteiger partial charge in [0.15, 0.2) is 0 Å². The maximum absolute atomic E-state index is 11.6. The smallest absolute Gasteiger partial charge is 0.326 e. The average Bonchev–Trinajstić information content (AvgIpc) is 2.97. The Morgan fingerprint density at radius 3 is 2.76 bits per heavy atom. The van der Waals surface area contributed by atoms with E-state index in [9.17, 15) is 14.4 Å². The SMILES string of the molecule is COCCC(NC(=O)CCNC(=O)c1ccoc1)C(=O)O. The van der Waals surface area contributed by atoms with Crippen molar-refractivity contribution in [3.05, 3.63) is 24.2 Å². The van der Waals surface area contributed by atoms with E-state index in [1.807, 2.05) is 0 Å². The van der Waals surface area contributed by atoms with Crippen LogP contribution in [-0.4, -0.2) is 49.2 Å². The van der Waals surface area contributed by atoms with Crippen molar-refractivity contribution in [3.8, 4) is 0 Å². The molecular formula is C13H18N2O6. The van der Waals surface area contributed by atoms with Crippen LogP contribution in [-0.2, 0) is 14.3 Å². The van der Waals surface area contributed by atoms with Crippen LogP contribution >= 0.6 is 0 Å². The van der Waals surface area contributed by atoms with Crippen molar-refractivity contribution in [2.24, 2.45) is 0 Å². The summed E-state index contributed by atoms with van der Waals surface area (Å²) in [6, 6.07) is 0.502. The number of aliphatic carboxylic acids is 1. The van der Waals surface area contributed by atoms with Gasteiger partial charge in [-0.2, -0.15) is 0 Å². The predicted octanol–water partition coefficient (Wildman–Crippen LogP) is 0.00540. The molecule has 0 aliphatic carbocycles. The summed E-state index contributed by atoms with van der Waals surface area (Å²) >= 11 is 0. The molecule has 0 aromatic carbocycles. The van der Waals surface area contributed by atoms with Gasteiger partial charge in [0, 0.05) is 33.1 Å². The molecule has 1 aromatic heterocycles. The first-order chi connectivity index (χ1) is 10.0. The number of ether oxygens (including phenoxy) is 1. The van der Waals surface area contributed by atoms with Gasteiger partial charge in [-0.05, 0) is 6.07 Å². The molecule has 0 bridgehead atoms. The standard InChI is InChI=1S/C13H18N2O6/c1-20-6-4-10(13(18)19)15-11(16)2-5-14-12(17)9-3-7-21-8-9/h3,7-8,10H,2,4-6H2,1H3,(H,14,17)(H,15,16)(H,18,19). The van der Waals surface area contributed by atoms with Crippen LogP contribution in [0.1, 0.15) is 23.2 Å². The minimum absolute atomic E-state index is 0.0135. The molecule has 3 N–H and O–H groups in total. The van der Waals surface area contributed by atoms with Crippen molar-refractivity contribution in [1.29, 1.82) is 0 Å². The lowest BCUT2D eigenvalue weighted by Crippen LogP contribution is -2.42. The molecule has 1 aromatic rings. The van der Waals surface area contributed by atoms with E-state index in [0.717, 1.165) is 0 Å². The van der Waals surface area contributed by atoms with Gasteiger partial charge in [-0.15, -0.1) is 0 Å². The van der Waals surface area contributed by atoms with Gasteiger partial charge in [-0.1, -0.05) is 0 Å². The van der Waals surface area contributed by atoms with Crippen LogP contribution in [0.15, 0.2) is 23.0 Å². The molecule has 8 heteroatoms. The van der Waals surface area contributed by atoms with Crippen molar-refractivity contribution in [1.82, 2.24) is 10.6 Å². The number of carbonyl (C=O) groups excluding carboxylic acids is 2. The van der Waals surface area contributed by atoms with Gasteiger partial charge < -0.3 is 24.9 Å². The van der Waals surface area contributed by atoms with Crippen LogP contribution in [0, 0.1) is 0 Å². The second-order valence-corrected chi connectivity index (χ2v) is 4.26. The van der Waals surface area contributed by atoms with Gasteiger partial charge in [-0.3, -0.25) is 9.59 Å². The molecule has 1 atom stereocenters. The Hall–Kier alpha value is -2.35. The van der Waals surface area contributed by atoms with E-state index in [2.05, 4.69) is 10.6 Å². The van der Waals surface area contributed by atoms with Crippen LogP contribution in [0.3, 0.4) is 0 Å². The predicted molar refractivity (Wildman–Crippen MR) is 71.7 cm³/mol. The van der Waals surface area contributed by atoms with Gasteiger partial charge >= 0.3 is 5.97 Å². The highest BCUT2D eigenvalue weighted by molar-refractivity contribution is 5.94. The first-order valence-electron chi connectivity index (χ1n) is 6.36. The third-order valence-electron chi connectivity index (χ3n) is 2.66. The fourth-order valence-electron chi connectivity index (χ4n) is 1.54. The zero-order chi connectivity index (χ0) is 15.7. The third kappa shape index (κ3) is 6.09. The topological polar surface area (TPSA) is 118 Å². The number of hydrogen-bond donors (Lipinski definition) is 3. The zero-order valence-corrected chi connectivity index (χ0v) is 11.6. The molecule has 2 amide bonds. The summed E-state index contributed by atoms with van der Waals surface area (Å²) in [5.74, 6) is -1.93. The van der Waals surface area contributed by atoms with E-state index in [1.165, 1.54) is 25.7 Å². The van der Waals surface area contributed by atoms with Crippen LogP contribution < -0.4 is 10.6 Å². The number of rotatable bonds is 9. The second-order valence-electron chi connectivity index (χ2n) is 4.26. The molecular weight excluding hydrogens is 280 g/mol. The molecule has 1 heterocycles. The van der Waals surface area contributed by atoms with Crippen LogP contribution in [0.25, 0.3) is 0 Å². The largest absolute Gasteiger partial charge is 0.480 e. The Balaban J connectivity index is 2.29. The molecule has 8 nitrogen and oxygen atoms in total. The lowest BCUT2D eigenvalue weighted by molar-refractivity contribution is -0.142. The molecule has 0 saturated carbocycles. The van der Waals surface area contributed by atoms with E-state index >= 15 is 0 Å². The Morgan fingerprint density at radius 1 is 1.43 bits per heavy atom. The van der Waals surface area contributed by atoms with Gasteiger partial charge in [0.2, 0.25) is 5.91 Å². The Morgan fingerprint density at radius 2 is 2.19 bits per heavy atom. The Labute approximate surface area is 121 Å². The summed E-state index contributed by atoms with van der Waals surface area (Å²) in [6.07, 6.45) is 2.83. The number of amides is 2. The maximum Gasteiger partial charge on any atom is 0.326 e. The van der Waals surface area contributed by atoms with Crippen molar-refractivity contribution >= 4 is 17.8 Å². The summed E-state index contributed by atoms with van der Waals surface area (Å²) in [6.45, 7) is 0.334. The highest BCUT2D eigenvalue weighted by Gasteiger charge is 2.19. The lowest BCUT2D eigenvalue weighted by atomic mass is 10.2. The van der Waals surface area contributed by atoms with Crippen LogP contribution in [0.2, 0.25) is 0 Å². The van der Waals surface area contributed by atoms with Crippen molar-refractivity contribution < 1.29 is 28.6 Å². The summed E-state index contributed by atoms with van der Waals surface area (Å²) in [5, 5.41) is 13.8. The molecule has 0 saturated heterocycles. The molecule has 0 aliphatic heterocycles. The minimum Gasteiger partial charge on any atom is -0.480 e. The average molecular weight is 298 g/mol. The monoisotopic (exact) mass is 298 g/mol. The van der Waals surface area contributed by atoms with Gasteiger partial charge in [0.05, 0.1) is 11.8 Å². The van der Waals surface area contributed by atoms with Crippen molar-refractivity contribution in [3.63, 3.8) is 0 Å². The number of nitrogens with one attached hydrogen (secondary N) is 2. The number of carboxylic acid groups (broad SMARTS) is 1. The molecule has 0 radical (unpaired) electrons. The third-order valence-corrected chi connectivity index (χ3v) is 2.66.